The summed E-state index contributed by atoms with van der Waals surface area (Å²) in [4.78, 5) is 36.1. The first-order chi connectivity index (χ1) is 15.0. The molecule has 1 aromatic carbocycles. The topological polar surface area (TPSA) is 89.9 Å². The lowest BCUT2D eigenvalue weighted by molar-refractivity contribution is 0.0477. The van der Waals surface area contributed by atoms with Crippen LogP contribution in [0, 0.1) is 0 Å². The summed E-state index contributed by atoms with van der Waals surface area (Å²) < 4.78 is 10.5. The molecule has 0 aliphatic rings. The average Bonchev–Trinajstić information content (AvgIpc) is 2.77. The fourth-order valence-electron chi connectivity index (χ4n) is 3.28. The van der Waals surface area contributed by atoms with E-state index < -0.39 is 17.9 Å². The highest BCUT2D eigenvalue weighted by atomic mass is 16.5. The van der Waals surface area contributed by atoms with Crippen molar-refractivity contribution in [3.8, 4) is 0 Å². The van der Waals surface area contributed by atoms with Crippen LogP contribution in [0.1, 0.15) is 122 Å². The van der Waals surface area contributed by atoms with Crippen LogP contribution >= 0.6 is 0 Å². The number of hydrogen-bond acceptors (Lipinski definition) is 5. The van der Waals surface area contributed by atoms with Gasteiger partial charge in [0.2, 0.25) is 0 Å². The van der Waals surface area contributed by atoms with E-state index in [1.807, 2.05) is 0 Å². The van der Waals surface area contributed by atoms with E-state index in [2.05, 4.69) is 13.8 Å². The van der Waals surface area contributed by atoms with Gasteiger partial charge in [0.1, 0.15) is 0 Å². The highest BCUT2D eigenvalue weighted by molar-refractivity contribution is 6.04. The standard InChI is InChI=1S/C25H38O6/c1-3-5-7-9-11-13-17-30-24(28)20-15-16-21(22(19-20)23(26)27)25(29)31-18-14-12-10-8-6-4-2/h15-16,19H,3-14,17-18H2,1-2H3,(H,26,27). The van der Waals surface area contributed by atoms with Gasteiger partial charge < -0.3 is 14.6 Å². The van der Waals surface area contributed by atoms with Crippen molar-refractivity contribution in [2.45, 2.75) is 90.9 Å². The van der Waals surface area contributed by atoms with Crippen molar-refractivity contribution in [2.75, 3.05) is 13.2 Å². The van der Waals surface area contributed by atoms with E-state index in [0.717, 1.165) is 38.5 Å². The van der Waals surface area contributed by atoms with E-state index in [4.69, 9.17) is 9.47 Å². The molecule has 0 saturated carbocycles. The first kappa shape index (κ1) is 26.7. The predicted octanol–water partition coefficient (Wildman–Crippen LogP) is 6.42. The zero-order chi connectivity index (χ0) is 22.9. The van der Waals surface area contributed by atoms with Crippen LogP contribution in [0.5, 0.6) is 0 Å². The second-order valence-electron chi connectivity index (χ2n) is 7.87. The maximum atomic E-state index is 12.3. The van der Waals surface area contributed by atoms with Crippen molar-refractivity contribution in [2.24, 2.45) is 0 Å². The molecule has 1 N–H and O–H groups in total. The van der Waals surface area contributed by atoms with Gasteiger partial charge in [-0.05, 0) is 31.0 Å². The molecule has 0 bridgehead atoms. The minimum absolute atomic E-state index is 0.0500. The van der Waals surface area contributed by atoms with Crippen LogP contribution in [0.3, 0.4) is 0 Å². The number of hydrogen-bond donors (Lipinski definition) is 1. The van der Waals surface area contributed by atoms with Crippen molar-refractivity contribution in [3.63, 3.8) is 0 Å². The molecule has 0 aliphatic heterocycles. The number of unbranched alkanes of at least 4 members (excludes halogenated alkanes) is 10. The number of ether oxygens (including phenoxy) is 2. The van der Waals surface area contributed by atoms with Crippen LogP contribution in [0.2, 0.25) is 0 Å². The predicted molar refractivity (Wildman–Crippen MR) is 121 cm³/mol. The van der Waals surface area contributed by atoms with Crippen molar-refractivity contribution >= 4 is 17.9 Å². The molecule has 31 heavy (non-hydrogen) atoms. The summed E-state index contributed by atoms with van der Waals surface area (Å²) >= 11 is 0. The zero-order valence-electron chi connectivity index (χ0n) is 19.1. The molecule has 0 aliphatic carbocycles. The smallest absolute Gasteiger partial charge is 0.339 e. The molecule has 1 rings (SSSR count). The largest absolute Gasteiger partial charge is 0.478 e. The van der Waals surface area contributed by atoms with Crippen molar-refractivity contribution in [3.05, 3.63) is 34.9 Å². The number of benzene rings is 1. The Morgan fingerprint density at radius 2 is 1.16 bits per heavy atom. The molecule has 0 saturated heterocycles. The highest BCUT2D eigenvalue weighted by Crippen LogP contribution is 2.16. The van der Waals surface area contributed by atoms with Gasteiger partial charge in [-0.3, -0.25) is 0 Å². The van der Waals surface area contributed by atoms with Crippen molar-refractivity contribution in [1.29, 1.82) is 0 Å². The molecule has 0 spiro atoms. The number of carboxylic acids is 1. The third-order valence-electron chi connectivity index (χ3n) is 5.17. The van der Waals surface area contributed by atoms with E-state index in [-0.39, 0.29) is 23.3 Å². The van der Waals surface area contributed by atoms with Crippen LogP contribution in [0.25, 0.3) is 0 Å². The number of carbonyl (C=O) groups is 3. The third-order valence-corrected chi connectivity index (χ3v) is 5.17. The number of rotatable bonds is 17. The van der Waals surface area contributed by atoms with E-state index in [0.29, 0.717) is 6.61 Å². The zero-order valence-corrected chi connectivity index (χ0v) is 19.1. The van der Waals surface area contributed by atoms with Crippen LogP contribution < -0.4 is 0 Å². The highest BCUT2D eigenvalue weighted by Gasteiger charge is 2.20. The van der Waals surface area contributed by atoms with Gasteiger partial charge in [-0.2, -0.15) is 0 Å². The van der Waals surface area contributed by atoms with Gasteiger partial charge >= 0.3 is 17.9 Å². The normalized spacial score (nSPS) is 10.6. The molecule has 0 aromatic heterocycles. The summed E-state index contributed by atoms with van der Waals surface area (Å²) in [7, 11) is 0. The summed E-state index contributed by atoms with van der Waals surface area (Å²) in [6, 6.07) is 3.93. The van der Waals surface area contributed by atoms with Crippen LogP contribution in [-0.2, 0) is 9.47 Å². The van der Waals surface area contributed by atoms with Gasteiger partial charge in [-0.1, -0.05) is 78.1 Å². The monoisotopic (exact) mass is 434 g/mol. The first-order valence-electron chi connectivity index (χ1n) is 11.7. The fraction of sp³-hybridized carbons (Fsp3) is 0.640. The Morgan fingerprint density at radius 3 is 1.68 bits per heavy atom. The SMILES string of the molecule is CCCCCCCCOC(=O)c1ccc(C(=O)OCCCCCCCC)c(C(=O)O)c1. The summed E-state index contributed by atoms with van der Waals surface area (Å²) in [6.45, 7) is 4.87. The summed E-state index contributed by atoms with van der Waals surface area (Å²) in [5.74, 6) is -2.54. The summed E-state index contributed by atoms with van der Waals surface area (Å²) in [6.07, 6.45) is 12.8. The molecular formula is C25H38O6. The molecule has 0 unspecified atom stereocenters. The van der Waals surface area contributed by atoms with E-state index in [9.17, 15) is 19.5 Å². The second kappa shape index (κ2) is 16.3. The molecule has 1 aromatic rings. The van der Waals surface area contributed by atoms with Gasteiger partial charge in [-0.15, -0.1) is 0 Å². The Labute approximate surface area is 186 Å². The first-order valence-corrected chi connectivity index (χ1v) is 11.7. The maximum absolute atomic E-state index is 12.3. The minimum Gasteiger partial charge on any atom is -0.478 e. The van der Waals surface area contributed by atoms with Crippen LogP contribution in [-0.4, -0.2) is 36.2 Å². The molecule has 6 heteroatoms. The van der Waals surface area contributed by atoms with Crippen molar-refractivity contribution < 1.29 is 29.0 Å². The van der Waals surface area contributed by atoms with Gasteiger partial charge in [-0.25, -0.2) is 14.4 Å². The van der Waals surface area contributed by atoms with E-state index in [1.165, 1.54) is 56.7 Å². The Kier molecular flexibility index (Phi) is 14.1. The van der Waals surface area contributed by atoms with Crippen LogP contribution in [0.4, 0.5) is 0 Å². The number of carbonyl (C=O) groups excluding carboxylic acids is 2. The maximum Gasteiger partial charge on any atom is 0.339 e. The third kappa shape index (κ3) is 11.0. The lowest BCUT2D eigenvalue weighted by atomic mass is 10.0. The molecule has 0 heterocycles. The molecule has 6 nitrogen and oxygen atoms in total. The Balaban J connectivity index is 2.52. The molecule has 174 valence electrons. The van der Waals surface area contributed by atoms with E-state index in [1.54, 1.807) is 0 Å². The molecular weight excluding hydrogens is 396 g/mol. The number of carboxylic acid groups (broad SMARTS) is 1. The Morgan fingerprint density at radius 1 is 0.677 bits per heavy atom. The van der Waals surface area contributed by atoms with Gasteiger partial charge in [0, 0.05) is 0 Å². The van der Waals surface area contributed by atoms with Gasteiger partial charge in [0.05, 0.1) is 29.9 Å². The summed E-state index contributed by atoms with van der Waals surface area (Å²) in [5.41, 5.74) is -0.177. The Bertz CT molecular complexity index is 683. The molecule has 0 amide bonds. The van der Waals surface area contributed by atoms with Gasteiger partial charge in [0.25, 0.3) is 0 Å². The molecule has 0 fully saturated rings. The van der Waals surface area contributed by atoms with E-state index >= 15 is 0 Å². The average molecular weight is 435 g/mol. The quantitative estimate of drug-likeness (QED) is 0.225. The minimum atomic E-state index is -1.28. The number of aromatic carboxylic acids is 1. The van der Waals surface area contributed by atoms with Crippen LogP contribution in [0.15, 0.2) is 18.2 Å². The van der Waals surface area contributed by atoms with Gasteiger partial charge in [0.15, 0.2) is 0 Å². The molecule has 0 atom stereocenters. The fourth-order valence-corrected chi connectivity index (χ4v) is 3.28. The Hall–Kier alpha value is -2.37. The van der Waals surface area contributed by atoms with Crippen molar-refractivity contribution in [1.82, 2.24) is 0 Å². The lowest BCUT2D eigenvalue weighted by Gasteiger charge is -2.10. The lowest BCUT2D eigenvalue weighted by Crippen LogP contribution is -2.15. The number of esters is 2. The second-order valence-corrected chi connectivity index (χ2v) is 7.87. The molecule has 0 radical (unpaired) electrons. The summed E-state index contributed by atoms with van der Waals surface area (Å²) in [5, 5.41) is 9.47.